The lowest BCUT2D eigenvalue weighted by Crippen LogP contribution is -2.39. The molecule has 0 fully saturated rings. The molecular formula is C18H19F3N2OS. The molecule has 0 radical (unpaired) electrons. The highest BCUT2D eigenvalue weighted by Gasteiger charge is 2.21. The molecule has 0 aliphatic heterocycles. The second-order valence-electron chi connectivity index (χ2n) is 5.65. The quantitative estimate of drug-likeness (QED) is 0.610. The van der Waals surface area contributed by atoms with Gasteiger partial charge in [0.15, 0.2) is 17.5 Å². The van der Waals surface area contributed by atoms with Gasteiger partial charge in [0.2, 0.25) is 5.91 Å². The van der Waals surface area contributed by atoms with E-state index in [1.54, 1.807) is 30.6 Å². The Kier molecular flexibility index (Phi) is 6.50. The summed E-state index contributed by atoms with van der Waals surface area (Å²) < 4.78 is 39.8. The number of thioether (sulfide) groups is 1. The van der Waals surface area contributed by atoms with Crippen LogP contribution in [0.15, 0.2) is 41.3 Å². The largest absolute Gasteiger partial charge is 0.322 e. The monoisotopic (exact) mass is 368 g/mol. The molecule has 0 aliphatic carbocycles. The first-order valence-corrected chi connectivity index (χ1v) is 8.83. The van der Waals surface area contributed by atoms with Gasteiger partial charge in [-0.25, -0.2) is 13.2 Å². The Morgan fingerprint density at radius 3 is 2.36 bits per heavy atom. The van der Waals surface area contributed by atoms with E-state index in [1.807, 2.05) is 30.5 Å². The zero-order valence-corrected chi connectivity index (χ0v) is 15.0. The number of rotatable bonds is 6. The summed E-state index contributed by atoms with van der Waals surface area (Å²) >= 11 is 1.64. The molecule has 2 aromatic carbocycles. The number of hydrogen-bond donors (Lipinski definition) is 1. The maximum atomic E-state index is 13.7. The van der Waals surface area contributed by atoms with Gasteiger partial charge in [-0.2, -0.15) is 0 Å². The molecule has 1 amide bonds. The summed E-state index contributed by atoms with van der Waals surface area (Å²) in [7, 11) is 1.76. The first-order valence-electron chi connectivity index (χ1n) is 7.61. The van der Waals surface area contributed by atoms with Crippen LogP contribution in [0.2, 0.25) is 0 Å². The third-order valence-electron chi connectivity index (χ3n) is 3.92. The third kappa shape index (κ3) is 4.76. The highest BCUT2D eigenvalue weighted by atomic mass is 32.2. The average molecular weight is 368 g/mol. The molecule has 0 aromatic heterocycles. The summed E-state index contributed by atoms with van der Waals surface area (Å²) in [6, 6.07) is 9.12. The lowest BCUT2D eigenvalue weighted by molar-refractivity contribution is -0.120. The average Bonchev–Trinajstić information content (AvgIpc) is 2.62. The van der Waals surface area contributed by atoms with Gasteiger partial charge in [-0.05, 0) is 50.1 Å². The third-order valence-corrected chi connectivity index (χ3v) is 4.67. The van der Waals surface area contributed by atoms with Crippen molar-refractivity contribution >= 4 is 23.4 Å². The molecule has 0 saturated heterocycles. The topological polar surface area (TPSA) is 32.3 Å². The predicted molar refractivity (Wildman–Crippen MR) is 94.1 cm³/mol. The van der Waals surface area contributed by atoms with E-state index in [9.17, 15) is 18.0 Å². The number of carbonyl (C=O) groups is 1. The number of benzene rings is 2. The van der Waals surface area contributed by atoms with Crippen LogP contribution in [0.5, 0.6) is 0 Å². The molecule has 2 rings (SSSR count). The van der Waals surface area contributed by atoms with Crippen molar-refractivity contribution in [1.29, 1.82) is 0 Å². The van der Waals surface area contributed by atoms with Gasteiger partial charge in [-0.3, -0.25) is 9.69 Å². The highest BCUT2D eigenvalue weighted by molar-refractivity contribution is 7.98. The van der Waals surface area contributed by atoms with Gasteiger partial charge in [-0.1, -0.05) is 12.1 Å². The first-order chi connectivity index (χ1) is 11.8. The zero-order valence-electron chi connectivity index (χ0n) is 14.1. The van der Waals surface area contributed by atoms with E-state index in [-0.39, 0.29) is 5.69 Å². The lowest BCUT2D eigenvalue weighted by atomic mass is 10.2. The molecule has 0 aliphatic rings. The predicted octanol–water partition coefficient (Wildman–Crippen LogP) is 4.28. The van der Waals surface area contributed by atoms with E-state index in [0.29, 0.717) is 6.54 Å². The Balaban J connectivity index is 2.02. The highest BCUT2D eigenvalue weighted by Crippen LogP contribution is 2.20. The minimum absolute atomic E-state index is 0.381. The van der Waals surface area contributed by atoms with Crippen molar-refractivity contribution in [2.24, 2.45) is 0 Å². The van der Waals surface area contributed by atoms with Crippen LogP contribution in [0.1, 0.15) is 12.5 Å². The number of carbonyl (C=O) groups excluding carboxylic acids is 1. The first kappa shape index (κ1) is 19.3. The van der Waals surface area contributed by atoms with E-state index in [0.717, 1.165) is 22.6 Å². The van der Waals surface area contributed by atoms with Crippen LogP contribution in [0.4, 0.5) is 18.9 Å². The molecule has 0 spiro atoms. The van der Waals surface area contributed by atoms with Crippen LogP contribution >= 0.6 is 11.8 Å². The van der Waals surface area contributed by atoms with Gasteiger partial charge in [0, 0.05) is 11.4 Å². The van der Waals surface area contributed by atoms with Crippen LogP contribution in [0, 0.1) is 17.5 Å². The second-order valence-corrected chi connectivity index (χ2v) is 6.53. The van der Waals surface area contributed by atoms with E-state index >= 15 is 0 Å². The van der Waals surface area contributed by atoms with Crippen LogP contribution in [0.25, 0.3) is 0 Å². The molecule has 7 heteroatoms. The van der Waals surface area contributed by atoms with Gasteiger partial charge < -0.3 is 5.32 Å². The number of nitrogens with one attached hydrogen (secondary N) is 1. The number of nitrogens with zero attached hydrogens (tertiary/aromatic N) is 1. The molecular weight excluding hydrogens is 349 g/mol. The van der Waals surface area contributed by atoms with Crippen molar-refractivity contribution < 1.29 is 18.0 Å². The zero-order chi connectivity index (χ0) is 18.6. The number of anilines is 1. The van der Waals surface area contributed by atoms with Gasteiger partial charge in [-0.15, -0.1) is 11.8 Å². The van der Waals surface area contributed by atoms with Crippen molar-refractivity contribution in [3.63, 3.8) is 0 Å². The summed E-state index contributed by atoms with van der Waals surface area (Å²) in [6.07, 6.45) is 1.99. The van der Waals surface area contributed by atoms with E-state index in [2.05, 4.69) is 5.32 Å². The van der Waals surface area contributed by atoms with Gasteiger partial charge in [0.25, 0.3) is 0 Å². The van der Waals surface area contributed by atoms with Crippen LogP contribution in [-0.4, -0.2) is 30.2 Å². The molecule has 134 valence electrons. The molecule has 0 unspecified atom stereocenters. The fourth-order valence-electron chi connectivity index (χ4n) is 2.22. The number of halogens is 3. The molecule has 1 N–H and O–H groups in total. The van der Waals surface area contributed by atoms with Crippen molar-refractivity contribution in [1.82, 2.24) is 4.90 Å². The summed E-state index contributed by atoms with van der Waals surface area (Å²) in [5, 5.41) is 2.30. The van der Waals surface area contributed by atoms with Crippen molar-refractivity contribution in [2.45, 2.75) is 24.4 Å². The number of amides is 1. The maximum absolute atomic E-state index is 13.7. The molecule has 1 atom stereocenters. The SMILES string of the molecule is CSc1ccc(CN(C)[C@H](C)C(=O)Nc2ccc(F)c(F)c2F)cc1. The Morgan fingerprint density at radius 2 is 1.76 bits per heavy atom. The molecule has 3 nitrogen and oxygen atoms in total. The number of hydrogen-bond acceptors (Lipinski definition) is 3. The lowest BCUT2D eigenvalue weighted by Gasteiger charge is -2.24. The minimum atomic E-state index is -1.60. The maximum Gasteiger partial charge on any atom is 0.241 e. The van der Waals surface area contributed by atoms with Gasteiger partial charge in [0.1, 0.15) is 0 Å². The molecule has 0 saturated carbocycles. The van der Waals surface area contributed by atoms with Crippen LogP contribution in [0.3, 0.4) is 0 Å². The van der Waals surface area contributed by atoms with E-state index < -0.39 is 29.4 Å². The van der Waals surface area contributed by atoms with Gasteiger partial charge in [0.05, 0.1) is 11.7 Å². The Morgan fingerprint density at radius 1 is 1.12 bits per heavy atom. The molecule has 0 heterocycles. The second kappa shape index (κ2) is 8.40. The number of likely N-dealkylation sites (N-methyl/N-ethyl adjacent to an activating group) is 1. The molecule has 25 heavy (non-hydrogen) atoms. The van der Waals surface area contributed by atoms with Crippen molar-refractivity contribution in [3.05, 3.63) is 59.4 Å². The summed E-state index contributed by atoms with van der Waals surface area (Å²) in [5.74, 6) is -4.81. The summed E-state index contributed by atoms with van der Waals surface area (Å²) in [5.41, 5.74) is 0.646. The Bertz CT molecular complexity index is 753. The van der Waals surface area contributed by atoms with E-state index in [4.69, 9.17) is 0 Å². The smallest absolute Gasteiger partial charge is 0.241 e. The van der Waals surface area contributed by atoms with Crippen molar-refractivity contribution in [2.75, 3.05) is 18.6 Å². The van der Waals surface area contributed by atoms with Gasteiger partial charge >= 0.3 is 0 Å². The Labute approximate surface area is 149 Å². The van der Waals surface area contributed by atoms with Crippen LogP contribution < -0.4 is 5.32 Å². The van der Waals surface area contributed by atoms with Crippen molar-refractivity contribution in [3.8, 4) is 0 Å². The summed E-state index contributed by atoms with van der Waals surface area (Å²) in [6.45, 7) is 2.17. The Hall–Kier alpha value is -1.99. The van der Waals surface area contributed by atoms with E-state index in [1.165, 1.54) is 0 Å². The normalized spacial score (nSPS) is 12.3. The molecule has 0 bridgehead atoms. The fraction of sp³-hybridized carbons (Fsp3) is 0.278. The minimum Gasteiger partial charge on any atom is -0.322 e. The molecule has 2 aromatic rings. The summed E-state index contributed by atoms with van der Waals surface area (Å²) in [4.78, 5) is 15.2. The van der Waals surface area contributed by atoms with Crippen LogP contribution in [-0.2, 0) is 11.3 Å². The fourth-order valence-corrected chi connectivity index (χ4v) is 2.62. The standard InChI is InChI=1S/C18H19F3N2OS/c1-11(23(2)10-12-4-6-13(25-3)7-5-12)18(24)22-15-9-8-14(19)16(20)17(15)21/h4-9,11H,10H2,1-3H3,(H,22,24)/t11-/m1/s1.